The maximum absolute atomic E-state index is 14.5. The van der Waals surface area contributed by atoms with Gasteiger partial charge in [0.15, 0.2) is 15.7 Å². The summed E-state index contributed by atoms with van der Waals surface area (Å²) in [5, 5.41) is 14.8. The van der Waals surface area contributed by atoms with E-state index < -0.39 is 53.4 Å². The molecule has 2 aromatic carbocycles. The molecule has 272 valence electrons. The SMILES string of the molecule is Cn1nc(NS(C)(=O)=O)c2c(Cl)ccc(-c3ccc(C#CC(C)(C)S(=O)(=O)C4CC4)nc3[C@H](Cc3cc(F)cc(F)c3)NC(=O)Cn3cnnc3)c21. The Labute approximate surface area is 303 Å². The Morgan fingerprint density at radius 1 is 1.04 bits per heavy atom. The Morgan fingerprint density at radius 3 is 2.33 bits per heavy atom. The van der Waals surface area contributed by atoms with Gasteiger partial charge in [-0.2, -0.15) is 5.10 Å². The van der Waals surface area contributed by atoms with Crippen molar-refractivity contribution in [3.05, 3.63) is 88.7 Å². The summed E-state index contributed by atoms with van der Waals surface area (Å²) in [6, 6.07) is 8.44. The smallest absolute Gasteiger partial charge is 0.240 e. The molecule has 1 aliphatic rings. The largest absolute Gasteiger partial charge is 0.346 e. The summed E-state index contributed by atoms with van der Waals surface area (Å²) in [5.41, 5.74) is 1.86. The molecular weight excluding hydrogens is 738 g/mol. The molecule has 5 aromatic rings. The lowest BCUT2D eigenvalue weighted by Crippen LogP contribution is -2.34. The number of pyridine rings is 1. The minimum Gasteiger partial charge on any atom is -0.346 e. The van der Waals surface area contributed by atoms with Crippen LogP contribution in [0.3, 0.4) is 0 Å². The molecule has 0 aliphatic heterocycles. The Morgan fingerprint density at radius 2 is 1.69 bits per heavy atom. The van der Waals surface area contributed by atoms with Gasteiger partial charge in [-0.25, -0.2) is 30.6 Å². The van der Waals surface area contributed by atoms with Crippen LogP contribution in [0.1, 0.15) is 49.7 Å². The molecule has 52 heavy (non-hydrogen) atoms. The number of hydrogen-bond donors (Lipinski definition) is 2. The van der Waals surface area contributed by atoms with Crippen LogP contribution < -0.4 is 10.0 Å². The second kappa shape index (κ2) is 13.9. The number of fused-ring (bicyclic) bond motifs is 1. The Bertz CT molecular complexity index is 2470. The number of benzene rings is 2. The summed E-state index contributed by atoms with van der Waals surface area (Å²) < 4.78 is 83.4. The van der Waals surface area contributed by atoms with Gasteiger partial charge in [0.25, 0.3) is 0 Å². The number of amides is 1. The van der Waals surface area contributed by atoms with Crippen LogP contribution in [0.15, 0.2) is 55.1 Å². The molecule has 3 heterocycles. The third kappa shape index (κ3) is 7.93. The molecular formula is C34H33ClF2N8O5S2. The number of carbonyl (C=O) groups is 1. The zero-order chi connectivity index (χ0) is 37.6. The number of anilines is 1. The number of rotatable bonds is 11. The molecule has 3 aromatic heterocycles. The van der Waals surface area contributed by atoms with E-state index in [-0.39, 0.29) is 46.1 Å². The van der Waals surface area contributed by atoms with E-state index in [1.54, 1.807) is 31.3 Å². The number of aryl methyl sites for hydroxylation is 1. The van der Waals surface area contributed by atoms with Crippen molar-refractivity contribution in [3.63, 3.8) is 0 Å². The van der Waals surface area contributed by atoms with Crippen LogP contribution in [0.25, 0.3) is 22.0 Å². The van der Waals surface area contributed by atoms with Crippen molar-refractivity contribution >= 4 is 54.1 Å². The number of carbonyl (C=O) groups excluding carboxylic acids is 1. The molecule has 1 amide bonds. The van der Waals surface area contributed by atoms with Crippen LogP contribution in [0.4, 0.5) is 14.6 Å². The van der Waals surface area contributed by atoms with E-state index in [1.165, 1.54) is 35.8 Å². The van der Waals surface area contributed by atoms with Gasteiger partial charge >= 0.3 is 0 Å². The fourth-order valence-corrected chi connectivity index (χ4v) is 8.37. The first-order valence-corrected chi connectivity index (χ1v) is 19.7. The number of sulfone groups is 1. The van der Waals surface area contributed by atoms with E-state index in [4.69, 9.17) is 16.6 Å². The average Bonchev–Trinajstić information content (AvgIpc) is 3.71. The van der Waals surface area contributed by atoms with Gasteiger partial charge in [-0.15, -0.1) is 10.2 Å². The highest BCUT2D eigenvalue weighted by atomic mass is 35.5. The van der Waals surface area contributed by atoms with E-state index in [1.807, 2.05) is 0 Å². The number of aromatic nitrogens is 6. The summed E-state index contributed by atoms with van der Waals surface area (Å²) in [5.74, 6) is 3.59. The number of halogens is 3. The standard InChI is InChI=1S/C34H33ClF2N8O5S2/c1-34(2,52(49,50)24-6-7-24)12-11-23-5-8-25(26-9-10-27(35)30-32(26)44(3)42-33(30)43-51(4,47)48)31(40-23)28(15-20-13-21(36)16-22(37)14-20)41-29(46)17-45-18-38-39-19-45/h5,8-10,13-14,16,18-19,24,28H,6-7,15,17H2,1-4H3,(H,41,46)(H,42,43)/t28-/m0/s1. The molecule has 0 bridgehead atoms. The molecule has 0 saturated heterocycles. The van der Waals surface area contributed by atoms with Crippen molar-refractivity contribution in [3.8, 4) is 23.0 Å². The zero-order valence-corrected chi connectivity index (χ0v) is 30.7. The third-order valence-corrected chi connectivity index (χ3v) is 12.2. The first-order chi connectivity index (χ1) is 24.4. The van der Waals surface area contributed by atoms with E-state index in [0.29, 0.717) is 29.5 Å². The van der Waals surface area contributed by atoms with E-state index in [2.05, 4.69) is 37.2 Å². The first kappa shape index (κ1) is 36.9. The maximum Gasteiger partial charge on any atom is 0.240 e. The predicted molar refractivity (Wildman–Crippen MR) is 191 cm³/mol. The average molecular weight is 771 g/mol. The van der Waals surface area contributed by atoms with Gasteiger partial charge < -0.3 is 9.88 Å². The molecule has 18 heteroatoms. The first-order valence-electron chi connectivity index (χ1n) is 15.9. The number of hydrogen-bond acceptors (Lipinski definition) is 9. The van der Waals surface area contributed by atoms with Crippen molar-refractivity contribution in [1.29, 1.82) is 0 Å². The van der Waals surface area contributed by atoms with Crippen molar-refractivity contribution < 1.29 is 30.4 Å². The molecule has 6 rings (SSSR count). The molecule has 13 nitrogen and oxygen atoms in total. The lowest BCUT2D eigenvalue weighted by atomic mass is 9.93. The fourth-order valence-electron chi connectivity index (χ4n) is 5.85. The van der Waals surface area contributed by atoms with Crippen LogP contribution in [0.5, 0.6) is 0 Å². The highest BCUT2D eigenvalue weighted by Gasteiger charge is 2.45. The third-order valence-electron chi connectivity index (χ3n) is 8.42. The Hall–Kier alpha value is -4.92. The predicted octanol–water partition coefficient (Wildman–Crippen LogP) is 4.34. The monoisotopic (exact) mass is 770 g/mol. The lowest BCUT2D eigenvalue weighted by Gasteiger charge is -2.23. The van der Waals surface area contributed by atoms with E-state index in [9.17, 15) is 30.4 Å². The molecule has 0 radical (unpaired) electrons. The van der Waals surface area contributed by atoms with Crippen molar-refractivity contribution in [2.45, 2.75) is 55.7 Å². The molecule has 1 saturated carbocycles. The molecule has 0 unspecified atom stereocenters. The molecule has 1 fully saturated rings. The van der Waals surface area contributed by atoms with Gasteiger partial charge in [0, 0.05) is 24.2 Å². The normalized spacial score (nSPS) is 14.1. The van der Waals surface area contributed by atoms with Crippen LogP contribution in [-0.4, -0.2) is 68.5 Å². The molecule has 0 spiro atoms. The summed E-state index contributed by atoms with van der Waals surface area (Å²) >= 11 is 6.60. The van der Waals surface area contributed by atoms with Crippen molar-refractivity contribution in [2.24, 2.45) is 7.05 Å². The summed E-state index contributed by atoms with van der Waals surface area (Å²) in [6.45, 7) is 2.87. The van der Waals surface area contributed by atoms with Crippen LogP contribution in [-0.2, 0) is 44.7 Å². The van der Waals surface area contributed by atoms with Gasteiger partial charge in [0.1, 0.15) is 41.3 Å². The zero-order valence-electron chi connectivity index (χ0n) is 28.4. The van der Waals surface area contributed by atoms with Gasteiger partial charge in [0.05, 0.1) is 39.2 Å². The van der Waals surface area contributed by atoms with Gasteiger partial charge in [0.2, 0.25) is 15.9 Å². The summed E-state index contributed by atoms with van der Waals surface area (Å²) in [7, 11) is -5.72. The topological polar surface area (TPSA) is 171 Å². The van der Waals surface area contributed by atoms with Crippen molar-refractivity contribution in [1.82, 2.24) is 34.8 Å². The quantitative estimate of drug-likeness (QED) is 0.186. The minimum absolute atomic E-state index is 0.0167. The van der Waals surface area contributed by atoms with Gasteiger partial charge in [-0.3, -0.25) is 14.2 Å². The Balaban J connectivity index is 1.55. The maximum atomic E-state index is 14.5. The number of nitrogens with zero attached hydrogens (tertiary/aromatic N) is 6. The highest BCUT2D eigenvalue weighted by Crippen LogP contribution is 2.40. The molecule has 1 aliphatic carbocycles. The van der Waals surface area contributed by atoms with Gasteiger partial charge in [-0.05, 0) is 74.9 Å². The number of sulfonamides is 1. The highest BCUT2D eigenvalue weighted by molar-refractivity contribution is 7.93. The molecule has 2 N–H and O–H groups in total. The Kier molecular flexibility index (Phi) is 9.85. The van der Waals surface area contributed by atoms with Crippen molar-refractivity contribution in [2.75, 3.05) is 11.0 Å². The van der Waals surface area contributed by atoms with Crippen LogP contribution >= 0.6 is 11.6 Å². The summed E-state index contributed by atoms with van der Waals surface area (Å²) in [4.78, 5) is 18.3. The minimum atomic E-state index is -3.76. The number of nitrogens with one attached hydrogen (secondary N) is 2. The summed E-state index contributed by atoms with van der Waals surface area (Å²) in [6.07, 6.45) is 4.70. The second-order valence-corrected chi connectivity index (χ2v) is 18.0. The molecule has 1 atom stereocenters. The van der Waals surface area contributed by atoms with Crippen LogP contribution in [0.2, 0.25) is 5.02 Å². The van der Waals surface area contributed by atoms with Crippen LogP contribution in [0, 0.1) is 23.5 Å². The van der Waals surface area contributed by atoms with E-state index >= 15 is 0 Å². The van der Waals surface area contributed by atoms with Gasteiger partial charge in [-0.1, -0.05) is 23.6 Å². The second-order valence-electron chi connectivity index (χ2n) is 13.0. The fraction of sp³-hybridized carbons (Fsp3) is 0.324. The van der Waals surface area contributed by atoms with E-state index in [0.717, 1.165) is 24.5 Å². The lowest BCUT2D eigenvalue weighted by molar-refractivity contribution is -0.122.